The number of benzene rings is 3. The fourth-order valence-electron chi connectivity index (χ4n) is 5.39. The summed E-state index contributed by atoms with van der Waals surface area (Å²) < 4.78 is 84.5. The molecule has 0 saturated heterocycles. The quantitative estimate of drug-likeness (QED) is 0.134. The number of aromatic nitrogens is 1. The third-order valence-corrected chi connectivity index (χ3v) is 9.78. The van der Waals surface area contributed by atoms with Crippen molar-refractivity contribution in [3.05, 3.63) is 90.1 Å². The molecule has 0 spiro atoms. The number of aliphatic hydroxyl groups excluding tert-OH is 2. The standard InChI is InChI=1S/C32H35F2N3O8S2.Na/c1-19(2)30-32(47(44,45)36-24-11-13-27(14-12-24)46(35,42)43)29(20-3-7-22(33)8-4-20)31(21-5-9-23(34)10-6-21)37(30)16-15-25(38)17-26(39)18-28(40)41;/h3-14,19,25-26,36,38-39H,15-18H2,1-2H3,(H,40,41)(H2,35,42,43);/q;+1/p-1/t25-,26-;/m1./s1. The van der Waals surface area contributed by atoms with Crippen LogP contribution in [0.25, 0.3) is 22.4 Å². The molecule has 16 heteroatoms. The number of primary sulfonamides is 1. The van der Waals surface area contributed by atoms with Gasteiger partial charge in [-0.1, -0.05) is 26.0 Å². The van der Waals surface area contributed by atoms with E-state index in [2.05, 4.69) is 4.72 Å². The molecule has 0 amide bonds. The van der Waals surface area contributed by atoms with Gasteiger partial charge in [0.15, 0.2) is 0 Å². The van der Waals surface area contributed by atoms with Crippen LogP contribution in [0.3, 0.4) is 0 Å². The van der Waals surface area contributed by atoms with Gasteiger partial charge >= 0.3 is 29.6 Å². The van der Waals surface area contributed by atoms with E-state index in [0.29, 0.717) is 16.8 Å². The van der Waals surface area contributed by atoms with E-state index in [-0.39, 0.29) is 75.7 Å². The SMILES string of the molecule is CC(C)c1c(S(=O)(=O)Nc2ccc(S(N)(=O)=O)cc2)c(-c2ccc(F)cc2)c(-c2ccc(F)cc2)n1CC[C@@H](O)C[C@@H](O)CC(=O)[O-].[Na+]. The molecule has 252 valence electrons. The molecule has 0 bridgehead atoms. The molecule has 0 aliphatic heterocycles. The third-order valence-electron chi connectivity index (χ3n) is 7.39. The van der Waals surface area contributed by atoms with Gasteiger partial charge in [-0.2, -0.15) is 0 Å². The van der Waals surface area contributed by atoms with E-state index >= 15 is 0 Å². The number of hydrogen-bond donors (Lipinski definition) is 4. The molecular formula is C32H34F2N3NaO8S2. The smallest absolute Gasteiger partial charge is 0.550 e. The maximum absolute atomic E-state index is 14.4. The zero-order valence-electron chi connectivity index (χ0n) is 26.4. The average molecular weight is 714 g/mol. The predicted octanol–water partition coefficient (Wildman–Crippen LogP) is 0.318. The maximum Gasteiger partial charge on any atom is 1.00 e. The zero-order chi connectivity index (χ0) is 34.7. The number of carboxylic acid groups (broad SMARTS) is 1. The Labute approximate surface area is 299 Å². The molecule has 2 atom stereocenters. The molecule has 11 nitrogen and oxygen atoms in total. The summed E-state index contributed by atoms with van der Waals surface area (Å²) >= 11 is 0. The summed E-state index contributed by atoms with van der Waals surface area (Å²) in [6.45, 7) is 3.47. The van der Waals surface area contributed by atoms with Crippen LogP contribution in [0.2, 0.25) is 0 Å². The van der Waals surface area contributed by atoms with E-state index in [4.69, 9.17) is 5.14 Å². The van der Waals surface area contributed by atoms with Crippen LogP contribution in [0, 0.1) is 11.6 Å². The summed E-state index contributed by atoms with van der Waals surface area (Å²) in [5.74, 6) is -3.09. The molecule has 48 heavy (non-hydrogen) atoms. The van der Waals surface area contributed by atoms with Gasteiger partial charge in [0, 0.05) is 35.9 Å². The van der Waals surface area contributed by atoms with Crippen LogP contribution in [0.5, 0.6) is 0 Å². The number of hydrogen-bond acceptors (Lipinski definition) is 8. The summed E-state index contributed by atoms with van der Waals surface area (Å²) in [4.78, 5) is 10.5. The van der Waals surface area contributed by atoms with Crippen LogP contribution in [0.4, 0.5) is 14.5 Å². The van der Waals surface area contributed by atoms with Gasteiger partial charge in [0.05, 0.1) is 22.8 Å². The monoisotopic (exact) mass is 713 g/mol. The minimum absolute atomic E-state index is 0. The Morgan fingerprint density at radius 2 is 1.40 bits per heavy atom. The molecule has 0 aliphatic carbocycles. The summed E-state index contributed by atoms with van der Waals surface area (Å²) in [6.07, 6.45) is -3.59. The predicted molar refractivity (Wildman–Crippen MR) is 169 cm³/mol. The van der Waals surface area contributed by atoms with E-state index in [9.17, 15) is 45.7 Å². The number of anilines is 1. The van der Waals surface area contributed by atoms with Gasteiger partial charge in [-0.3, -0.25) is 4.72 Å². The first-order chi connectivity index (χ1) is 22.0. The second-order valence-corrected chi connectivity index (χ2v) is 14.5. The van der Waals surface area contributed by atoms with E-state index in [1.807, 2.05) is 0 Å². The van der Waals surface area contributed by atoms with Gasteiger partial charge < -0.3 is 24.7 Å². The Bertz CT molecular complexity index is 1950. The van der Waals surface area contributed by atoms with Crippen molar-refractivity contribution in [2.75, 3.05) is 4.72 Å². The average Bonchev–Trinajstić information content (AvgIpc) is 3.32. The van der Waals surface area contributed by atoms with Crippen molar-refractivity contribution in [2.45, 2.75) is 67.6 Å². The Morgan fingerprint density at radius 3 is 1.88 bits per heavy atom. The Morgan fingerprint density at radius 1 is 0.875 bits per heavy atom. The van der Waals surface area contributed by atoms with E-state index in [0.717, 1.165) is 24.3 Å². The molecule has 0 aliphatic rings. The maximum atomic E-state index is 14.4. The first-order valence-electron chi connectivity index (χ1n) is 14.5. The van der Waals surface area contributed by atoms with Crippen molar-refractivity contribution in [2.24, 2.45) is 5.14 Å². The minimum atomic E-state index is -4.51. The summed E-state index contributed by atoms with van der Waals surface area (Å²) in [5, 5.41) is 36.8. The van der Waals surface area contributed by atoms with Crippen molar-refractivity contribution >= 4 is 31.7 Å². The summed E-state index contributed by atoms with van der Waals surface area (Å²) in [6, 6.07) is 15.2. The van der Waals surface area contributed by atoms with Crippen molar-refractivity contribution in [1.29, 1.82) is 0 Å². The Kier molecular flexibility index (Phi) is 13.1. The fourth-order valence-corrected chi connectivity index (χ4v) is 7.56. The van der Waals surface area contributed by atoms with Crippen LogP contribution < -0.4 is 44.5 Å². The molecule has 0 radical (unpaired) electrons. The molecule has 3 aromatic carbocycles. The van der Waals surface area contributed by atoms with Crippen LogP contribution in [0.15, 0.2) is 82.6 Å². The zero-order valence-corrected chi connectivity index (χ0v) is 30.1. The number of halogens is 2. The topological polar surface area (TPSA) is 192 Å². The molecule has 0 unspecified atom stereocenters. The number of aliphatic hydroxyl groups is 2. The Hall–Kier alpha value is -3.15. The van der Waals surface area contributed by atoms with Gasteiger partial charge in [0.1, 0.15) is 16.5 Å². The van der Waals surface area contributed by atoms with Gasteiger partial charge in [0.25, 0.3) is 10.0 Å². The van der Waals surface area contributed by atoms with Crippen LogP contribution in [0.1, 0.15) is 44.7 Å². The van der Waals surface area contributed by atoms with E-state index in [1.165, 1.54) is 48.5 Å². The molecule has 4 aromatic rings. The first-order valence-corrected chi connectivity index (χ1v) is 17.5. The number of carbonyl (C=O) groups excluding carboxylic acids is 1. The molecular weight excluding hydrogens is 679 g/mol. The number of nitrogens with two attached hydrogens (primary N) is 1. The van der Waals surface area contributed by atoms with Crippen LogP contribution in [-0.4, -0.2) is 49.8 Å². The molecule has 5 N–H and O–H groups in total. The Balaban J connectivity index is 0.00000625. The van der Waals surface area contributed by atoms with Gasteiger partial charge in [-0.15, -0.1) is 0 Å². The molecule has 0 fully saturated rings. The largest absolute Gasteiger partial charge is 1.00 e. The van der Waals surface area contributed by atoms with Gasteiger partial charge in [0.2, 0.25) is 10.0 Å². The summed E-state index contributed by atoms with van der Waals surface area (Å²) in [5.41, 5.74) is 1.47. The number of nitrogens with one attached hydrogen (secondary N) is 1. The van der Waals surface area contributed by atoms with E-state index in [1.54, 1.807) is 18.4 Å². The first kappa shape index (κ1) is 39.3. The van der Waals surface area contributed by atoms with Crippen molar-refractivity contribution in [3.8, 4) is 22.4 Å². The molecule has 1 aromatic heterocycles. The van der Waals surface area contributed by atoms with Gasteiger partial charge in [-0.25, -0.2) is 30.8 Å². The number of nitrogens with zero attached hydrogens (tertiary/aromatic N) is 1. The number of aliphatic carboxylic acids is 1. The second kappa shape index (κ2) is 16.0. The third kappa shape index (κ3) is 9.51. The van der Waals surface area contributed by atoms with Crippen molar-refractivity contribution in [1.82, 2.24) is 4.57 Å². The van der Waals surface area contributed by atoms with Crippen molar-refractivity contribution in [3.63, 3.8) is 0 Å². The molecule has 1 heterocycles. The fraction of sp³-hybridized carbons (Fsp3) is 0.281. The second-order valence-electron chi connectivity index (χ2n) is 11.3. The number of sulfonamides is 2. The normalized spacial score (nSPS) is 13.2. The number of carbonyl (C=O) groups is 1. The van der Waals surface area contributed by atoms with Gasteiger partial charge in [-0.05, 0) is 90.6 Å². The number of carboxylic acids is 1. The molecule has 0 saturated carbocycles. The number of rotatable bonds is 14. The van der Waals surface area contributed by atoms with Crippen LogP contribution in [-0.2, 0) is 31.4 Å². The van der Waals surface area contributed by atoms with E-state index < -0.39 is 62.2 Å². The molecule has 4 rings (SSSR count). The van der Waals surface area contributed by atoms with Crippen LogP contribution >= 0.6 is 0 Å². The van der Waals surface area contributed by atoms with Crippen molar-refractivity contribution < 1.29 is 75.3 Å². The summed E-state index contributed by atoms with van der Waals surface area (Å²) in [7, 11) is -8.56. The minimum Gasteiger partial charge on any atom is -0.550 e.